The van der Waals surface area contributed by atoms with Gasteiger partial charge in [0.2, 0.25) is 5.91 Å². The zero-order valence-corrected chi connectivity index (χ0v) is 9.27. The zero-order chi connectivity index (χ0) is 11.4. The molecular formula is C9H9BrF2N2O. The van der Waals surface area contributed by atoms with E-state index in [-0.39, 0.29) is 17.8 Å². The number of hydrogen-bond acceptors (Lipinski definition) is 2. The van der Waals surface area contributed by atoms with Gasteiger partial charge in [-0.05, 0) is 17.7 Å². The van der Waals surface area contributed by atoms with Crippen LogP contribution in [-0.2, 0) is 11.3 Å². The van der Waals surface area contributed by atoms with Crippen LogP contribution in [0.15, 0.2) is 12.1 Å². The van der Waals surface area contributed by atoms with Gasteiger partial charge in [0.25, 0.3) is 0 Å². The fourth-order valence-electron chi connectivity index (χ4n) is 0.987. The number of benzene rings is 1. The van der Waals surface area contributed by atoms with E-state index in [0.717, 1.165) is 12.1 Å². The molecule has 0 bridgehead atoms. The average molecular weight is 279 g/mol. The van der Waals surface area contributed by atoms with Gasteiger partial charge in [-0.15, -0.1) is 0 Å². The molecule has 3 N–H and O–H groups in total. The maximum Gasteiger partial charge on any atom is 0.230 e. The first-order valence-corrected chi connectivity index (χ1v) is 5.22. The molecule has 1 rings (SSSR count). The quantitative estimate of drug-likeness (QED) is 0.651. The van der Waals surface area contributed by atoms with Crippen LogP contribution in [0.3, 0.4) is 0 Å². The van der Waals surface area contributed by atoms with E-state index in [1.807, 2.05) is 0 Å². The number of hydrogen-bond donors (Lipinski definition) is 2. The van der Waals surface area contributed by atoms with Crippen molar-refractivity contribution in [3.63, 3.8) is 0 Å². The van der Waals surface area contributed by atoms with Crippen molar-refractivity contribution in [3.05, 3.63) is 29.3 Å². The summed E-state index contributed by atoms with van der Waals surface area (Å²) < 4.78 is 25.9. The second kappa shape index (κ2) is 5.06. The molecule has 15 heavy (non-hydrogen) atoms. The third-order valence-electron chi connectivity index (χ3n) is 1.75. The summed E-state index contributed by atoms with van der Waals surface area (Å²) in [5.74, 6) is -1.90. The van der Waals surface area contributed by atoms with Crippen LogP contribution in [0.5, 0.6) is 0 Å². The van der Waals surface area contributed by atoms with Gasteiger partial charge < -0.3 is 11.1 Å². The van der Waals surface area contributed by atoms with Crippen molar-refractivity contribution >= 4 is 27.5 Å². The molecule has 0 spiro atoms. The highest BCUT2D eigenvalue weighted by molar-refractivity contribution is 9.09. The van der Waals surface area contributed by atoms with E-state index in [9.17, 15) is 13.6 Å². The SMILES string of the molecule is Nc1c(F)cc(CNC(=O)CBr)cc1F. The number of amides is 1. The second-order valence-electron chi connectivity index (χ2n) is 2.88. The first-order valence-electron chi connectivity index (χ1n) is 4.10. The standard InChI is InChI=1S/C9H9BrF2N2O/c10-3-8(15)14-4-5-1-6(11)9(13)7(12)2-5/h1-2H,3-4,13H2,(H,14,15). The van der Waals surface area contributed by atoms with E-state index in [4.69, 9.17) is 5.73 Å². The van der Waals surface area contributed by atoms with Crippen molar-refractivity contribution < 1.29 is 13.6 Å². The Labute approximate surface area is 93.8 Å². The maximum atomic E-state index is 13.0. The molecule has 0 radical (unpaired) electrons. The second-order valence-corrected chi connectivity index (χ2v) is 3.44. The molecule has 0 saturated carbocycles. The molecule has 0 fully saturated rings. The minimum absolute atomic E-state index is 0.0680. The Kier molecular flexibility index (Phi) is 4.02. The minimum atomic E-state index is -0.821. The predicted octanol–water partition coefficient (Wildman–Crippen LogP) is 1.56. The summed E-state index contributed by atoms with van der Waals surface area (Å²) in [4.78, 5) is 10.9. The highest BCUT2D eigenvalue weighted by atomic mass is 79.9. The van der Waals surface area contributed by atoms with E-state index in [2.05, 4.69) is 21.2 Å². The Hall–Kier alpha value is -1.17. The summed E-state index contributed by atoms with van der Waals surface area (Å²) in [6.45, 7) is 0.0680. The van der Waals surface area contributed by atoms with E-state index in [1.165, 1.54) is 0 Å². The van der Waals surface area contributed by atoms with Crippen molar-refractivity contribution in [1.82, 2.24) is 5.32 Å². The number of anilines is 1. The van der Waals surface area contributed by atoms with Gasteiger partial charge in [0, 0.05) is 6.54 Å². The molecule has 0 aromatic heterocycles. The predicted molar refractivity (Wildman–Crippen MR) is 56.4 cm³/mol. The number of halogens is 3. The summed E-state index contributed by atoms with van der Waals surface area (Å²) in [5.41, 5.74) is 4.91. The monoisotopic (exact) mass is 278 g/mol. The molecule has 0 aliphatic heterocycles. The third kappa shape index (κ3) is 3.16. The largest absolute Gasteiger partial charge is 0.394 e. The fourth-order valence-corrected chi connectivity index (χ4v) is 1.18. The summed E-state index contributed by atoms with van der Waals surface area (Å²) in [5, 5.41) is 2.61. The summed E-state index contributed by atoms with van der Waals surface area (Å²) in [6.07, 6.45) is 0. The zero-order valence-electron chi connectivity index (χ0n) is 7.69. The van der Waals surface area contributed by atoms with Gasteiger partial charge in [0.15, 0.2) is 0 Å². The van der Waals surface area contributed by atoms with Crippen molar-refractivity contribution in [2.24, 2.45) is 0 Å². The van der Waals surface area contributed by atoms with Crippen LogP contribution < -0.4 is 11.1 Å². The molecule has 1 aromatic rings. The summed E-state index contributed by atoms with van der Waals surface area (Å²) in [6, 6.07) is 2.18. The Morgan fingerprint density at radius 2 is 1.93 bits per heavy atom. The molecule has 0 heterocycles. The van der Waals surface area contributed by atoms with Crippen LogP contribution in [0.2, 0.25) is 0 Å². The highest BCUT2D eigenvalue weighted by Crippen LogP contribution is 2.16. The number of alkyl halides is 1. The maximum absolute atomic E-state index is 13.0. The number of carbonyl (C=O) groups is 1. The van der Waals surface area contributed by atoms with Crippen molar-refractivity contribution in [1.29, 1.82) is 0 Å². The normalized spacial score (nSPS) is 10.1. The lowest BCUT2D eigenvalue weighted by Crippen LogP contribution is -2.23. The summed E-state index contributed by atoms with van der Waals surface area (Å²) in [7, 11) is 0. The summed E-state index contributed by atoms with van der Waals surface area (Å²) >= 11 is 2.95. The minimum Gasteiger partial charge on any atom is -0.394 e. The number of nitrogen functional groups attached to an aromatic ring is 1. The molecule has 0 saturated heterocycles. The van der Waals surface area contributed by atoms with Crippen molar-refractivity contribution in [2.75, 3.05) is 11.1 Å². The van der Waals surface area contributed by atoms with Crippen molar-refractivity contribution in [3.8, 4) is 0 Å². The molecular weight excluding hydrogens is 270 g/mol. The highest BCUT2D eigenvalue weighted by Gasteiger charge is 2.08. The van der Waals surface area contributed by atoms with Gasteiger partial charge in [-0.1, -0.05) is 15.9 Å². The Balaban J connectivity index is 2.75. The van der Waals surface area contributed by atoms with Crippen LogP contribution in [0.1, 0.15) is 5.56 Å². The Morgan fingerprint density at radius 1 is 1.40 bits per heavy atom. The van der Waals surface area contributed by atoms with E-state index < -0.39 is 17.3 Å². The van der Waals surface area contributed by atoms with E-state index >= 15 is 0 Å². The molecule has 6 heteroatoms. The fraction of sp³-hybridized carbons (Fsp3) is 0.222. The third-order valence-corrected chi connectivity index (χ3v) is 2.26. The van der Waals surface area contributed by atoms with Crippen LogP contribution in [0.4, 0.5) is 14.5 Å². The Bertz CT molecular complexity index is 361. The van der Waals surface area contributed by atoms with Gasteiger partial charge in [-0.3, -0.25) is 4.79 Å². The lowest BCUT2D eigenvalue weighted by Gasteiger charge is -2.05. The van der Waals surface area contributed by atoms with Crippen molar-refractivity contribution in [2.45, 2.75) is 6.54 Å². The number of rotatable bonds is 3. The van der Waals surface area contributed by atoms with Crippen LogP contribution >= 0.6 is 15.9 Å². The average Bonchev–Trinajstić information content (AvgIpc) is 2.22. The molecule has 1 amide bonds. The van der Waals surface area contributed by atoms with Gasteiger partial charge in [0.05, 0.1) is 5.33 Å². The van der Waals surface area contributed by atoms with Crippen LogP contribution in [0, 0.1) is 11.6 Å². The molecule has 0 aliphatic carbocycles. The van der Waals surface area contributed by atoms with Gasteiger partial charge in [-0.2, -0.15) is 0 Å². The molecule has 0 unspecified atom stereocenters. The van der Waals surface area contributed by atoms with E-state index in [1.54, 1.807) is 0 Å². The topological polar surface area (TPSA) is 55.1 Å². The smallest absolute Gasteiger partial charge is 0.230 e. The van der Waals surface area contributed by atoms with E-state index in [0.29, 0.717) is 5.56 Å². The number of carbonyl (C=O) groups excluding carboxylic acids is 1. The van der Waals surface area contributed by atoms with Gasteiger partial charge in [-0.25, -0.2) is 8.78 Å². The first kappa shape index (κ1) is 11.9. The van der Waals surface area contributed by atoms with Gasteiger partial charge >= 0.3 is 0 Å². The Morgan fingerprint density at radius 3 is 2.40 bits per heavy atom. The van der Waals surface area contributed by atoms with Crippen LogP contribution in [-0.4, -0.2) is 11.2 Å². The number of nitrogens with one attached hydrogen (secondary N) is 1. The molecule has 82 valence electrons. The molecule has 3 nitrogen and oxygen atoms in total. The van der Waals surface area contributed by atoms with Gasteiger partial charge in [0.1, 0.15) is 17.3 Å². The molecule has 1 aromatic carbocycles. The molecule has 0 aliphatic rings. The number of nitrogens with two attached hydrogens (primary N) is 1. The molecule has 0 atom stereocenters. The first-order chi connectivity index (χ1) is 7.04. The lowest BCUT2D eigenvalue weighted by molar-refractivity contribution is -0.118. The van der Waals surface area contributed by atoms with Crippen LogP contribution in [0.25, 0.3) is 0 Å². The lowest BCUT2D eigenvalue weighted by atomic mass is 10.2.